The number of carbonyl (C=O) groups is 2. The van der Waals surface area contributed by atoms with E-state index in [1.54, 1.807) is 48.5 Å². The van der Waals surface area contributed by atoms with Crippen molar-refractivity contribution in [2.24, 2.45) is 0 Å². The van der Waals surface area contributed by atoms with E-state index in [1.807, 2.05) is 6.92 Å². The summed E-state index contributed by atoms with van der Waals surface area (Å²) < 4.78 is 5.60. The van der Waals surface area contributed by atoms with Crippen molar-refractivity contribution in [3.8, 4) is 5.75 Å². The fourth-order valence-electron chi connectivity index (χ4n) is 2.36. The Labute approximate surface area is 154 Å². The fourth-order valence-corrected chi connectivity index (χ4v) is 2.36. The van der Waals surface area contributed by atoms with Crippen LogP contribution in [0.5, 0.6) is 5.75 Å². The molecule has 2 N–H and O–H groups in total. The van der Waals surface area contributed by atoms with Crippen molar-refractivity contribution in [3.05, 3.63) is 59.7 Å². The van der Waals surface area contributed by atoms with Crippen LogP contribution in [0, 0.1) is 0 Å². The topological polar surface area (TPSA) is 67.4 Å². The highest BCUT2D eigenvalue weighted by Gasteiger charge is 2.13. The molecular weight excluding hydrogens is 328 g/mol. The van der Waals surface area contributed by atoms with Crippen LogP contribution in [0.2, 0.25) is 0 Å². The van der Waals surface area contributed by atoms with Crippen LogP contribution < -0.4 is 15.4 Å². The van der Waals surface area contributed by atoms with Gasteiger partial charge in [-0.15, -0.1) is 0 Å². The second kappa shape index (κ2) is 10.2. The first kappa shape index (κ1) is 19.5. The minimum atomic E-state index is -0.263. The lowest BCUT2D eigenvalue weighted by Gasteiger charge is -2.11. The summed E-state index contributed by atoms with van der Waals surface area (Å²) in [6, 6.07) is 14.0. The summed E-state index contributed by atoms with van der Waals surface area (Å²) in [5, 5.41) is 5.64. The summed E-state index contributed by atoms with van der Waals surface area (Å²) in [5.41, 5.74) is 1.46. The summed E-state index contributed by atoms with van der Waals surface area (Å²) in [5.74, 6) is 0.289. The normalized spacial score (nSPS) is 10.2. The average Bonchev–Trinajstić information content (AvgIpc) is 2.67. The second-order valence-corrected chi connectivity index (χ2v) is 5.98. The Morgan fingerprint density at radius 2 is 1.65 bits per heavy atom. The van der Waals surface area contributed by atoms with Crippen molar-refractivity contribution in [3.63, 3.8) is 0 Å². The van der Waals surface area contributed by atoms with Crippen LogP contribution >= 0.6 is 0 Å². The van der Waals surface area contributed by atoms with Crippen molar-refractivity contribution in [2.75, 3.05) is 18.5 Å². The maximum Gasteiger partial charge on any atom is 0.255 e. The van der Waals surface area contributed by atoms with Crippen molar-refractivity contribution in [1.82, 2.24) is 5.32 Å². The van der Waals surface area contributed by atoms with E-state index in [4.69, 9.17) is 4.74 Å². The van der Waals surface area contributed by atoms with Gasteiger partial charge in [0, 0.05) is 12.1 Å². The number of hydrogen-bond acceptors (Lipinski definition) is 3. The zero-order chi connectivity index (χ0) is 18.8. The molecule has 2 rings (SSSR count). The van der Waals surface area contributed by atoms with E-state index in [0.29, 0.717) is 30.0 Å². The molecule has 0 aromatic heterocycles. The molecule has 0 saturated heterocycles. The molecule has 5 nitrogen and oxygen atoms in total. The summed E-state index contributed by atoms with van der Waals surface area (Å²) in [6.45, 7) is 5.36. The number of rotatable bonds is 9. The molecule has 138 valence electrons. The number of anilines is 1. The average molecular weight is 354 g/mol. The van der Waals surface area contributed by atoms with Crippen molar-refractivity contribution < 1.29 is 14.3 Å². The predicted octanol–water partition coefficient (Wildman–Crippen LogP) is 4.26. The number of nitrogens with one attached hydrogen (secondary N) is 2. The van der Waals surface area contributed by atoms with Crippen LogP contribution in [-0.4, -0.2) is 25.0 Å². The number of benzene rings is 2. The standard InChI is InChI=1S/C21H26N2O3/c1-3-5-15-26-17-12-10-16(11-13-17)20(24)23-19-9-7-6-8-18(19)21(25)22-14-4-2/h6-13H,3-5,14-15H2,1-2H3,(H,22,25)(H,23,24). The van der Waals surface area contributed by atoms with Gasteiger partial charge >= 0.3 is 0 Å². The highest BCUT2D eigenvalue weighted by atomic mass is 16.5. The number of ether oxygens (including phenoxy) is 1. The molecule has 2 aromatic carbocycles. The zero-order valence-corrected chi connectivity index (χ0v) is 15.4. The Kier molecular flexibility index (Phi) is 7.68. The van der Waals surface area contributed by atoms with Crippen molar-refractivity contribution in [1.29, 1.82) is 0 Å². The van der Waals surface area contributed by atoms with Gasteiger partial charge in [-0.25, -0.2) is 0 Å². The zero-order valence-electron chi connectivity index (χ0n) is 15.4. The smallest absolute Gasteiger partial charge is 0.255 e. The summed E-state index contributed by atoms with van der Waals surface area (Å²) in [4.78, 5) is 24.7. The Morgan fingerprint density at radius 3 is 2.35 bits per heavy atom. The molecule has 0 aliphatic rings. The lowest BCUT2D eigenvalue weighted by Crippen LogP contribution is -2.25. The van der Waals surface area contributed by atoms with Gasteiger partial charge in [-0.05, 0) is 49.2 Å². The first-order valence-corrected chi connectivity index (χ1v) is 9.07. The van der Waals surface area contributed by atoms with E-state index in [-0.39, 0.29) is 11.8 Å². The minimum absolute atomic E-state index is 0.192. The summed E-state index contributed by atoms with van der Waals surface area (Å²) in [6.07, 6.45) is 2.93. The third-order valence-electron chi connectivity index (χ3n) is 3.84. The molecule has 0 aliphatic heterocycles. The maximum atomic E-state index is 12.5. The number of amides is 2. The molecule has 0 unspecified atom stereocenters. The van der Waals surface area contributed by atoms with E-state index in [9.17, 15) is 9.59 Å². The maximum absolute atomic E-state index is 12.5. The second-order valence-electron chi connectivity index (χ2n) is 5.98. The monoisotopic (exact) mass is 354 g/mol. The first-order valence-electron chi connectivity index (χ1n) is 9.07. The molecule has 2 aromatic rings. The lowest BCUT2D eigenvalue weighted by atomic mass is 10.1. The van der Waals surface area contributed by atoms with E-state index in [0.717, 1.165) is 25.0 Å². The molecule has 0 aliphatic carbocycles. The van der Waals surface area contributed by atoms with Gasteiger partial charge in [0.25, 0.3) is 11.8 Å². The predicted molar refractivity (Wildman–Crippen MR) is 104 cm³/mol. The molecule has 2 amide bonds. The van der Waals surface area contributed by atoms with Gasteiger partial charge in [-0.3, -0.25) is 9.59 Å². The molecule has 0 spiro atoms. The highest BCUT2D eigenvalue weighted by molar-refractivity contribution is 6.09. The fraction of sp³-hybridized carbons (Fsp3) is 0.333. The van der Waals surface area contributed by atoms with Crippen molar-refractivity contribution >= 4 is 17.5 Å². The highest BCUT2D eigenvalue weighted by Crippen LogP contribution is 2.18. The Morgan fingerprint density at radius 1 is 0.923 bits per heavy atom. The number of carbonyl (C=O) groups excluding carboxylic acids is 2. The van der Waals surface area contributed by atoms with Gasteiger partial charge in [0.15, 0.2) is 0 Å². The van der Waals surface area contributed by atoms with Crippen LogP contribution in [0.4, 0.5) is 5.69 Å². The van der Waals surface area contributed by atoms with Crippen molar-refractivity contribution in [2.45, 2.75) is 33.1 Å². The van der Waals surface area contributed by atoms with Gasteiger partial charge in [-0.2, -0.15) is 0 Å². The van der Waals surface area contributed by atoms with Gasteiger partial charge in [0.05, 0.1) is 17.9 Å². The summed E-state index contributed by atoms with van der Waals surface area (Å²) >= 11 is 0. The molecule has 0 heterocycles. The molecule has 26 heavy (non-hydrogen) atoms. The third-order valence-corrected chi connectivity index (χ3v) is 3.84. The summed E-state index contributed by atoms with van der Waals surface area (Å²) in [7, 11) is 0. The molecule has 0 fully saturated rings. The van der Waals surface area contributed by atoms with E-state index in [1.165, 1.54) is 0 Å². The van der Waals surface area contributed by atoms with Crippen LogP contribution in [0.25, 0.3) is 0 Å². The molecular formula is C21H26N2O3. The van der Waals surface area contributed by atoms with E-state index >= 15 is 0 Å². The molecule has 5 heteroatoms. The van der Waals surface area contributed by atoms with Crippen LogP contribution in [0.3, 0.4) is 0 Å². The van der Waals surface area contributed by atoms with Crippen LogP contribution in [0.15, 0.2) is 48.5 Å². The van der Waals surface area contributed by atoms with Gasteiger partial charge < -0.3 is 15.4 Å². The van der Waals surface area contributed by atoms with Gasteiger partial charge in [0.2, 0.25) is 0 Å². The van der Waals surface area contributed by atoms with E-state index < -0.39 is 0 Å². The minimum Gasteiger partial charge on any atom is -0.494 e. The molecule has 0 bridgehead atoms. The first-order chi connectivity index (χ1) is 12.7. The lowest BCUT2D eigenvalue weighted by molar-refractivity contribution is 0.0954. The largest absolute Gasteiger partial charge is 0.494 e. The SMILES string of the molecule is CCCCOc1ccc(C(=O)Nc2ccccc2C(=O)NCCC)cc1. The quantitative estimate of drug-likeness (QED) is 0.661. The number of para-hydroxylation sites is 1. The van der Waals surface area contributed by atoms with E-state index in [2.05, 4.69) is 17.6 Å². The Balaban J connectivity index is 2.04. The van der Waals surface area contributed by atoms with Gasteiger partial charge in [0.1, 0.15) is 5.75 Å². The van der Waals surface area contributed by atoms with Crippen LogP contribution in [-0.2, 0) is 0 Å². The molecule has 0 saturated carbocycles. The third kappa shape index (κ3) is 5.62. The Hall–Kier alpha value is -2.82. The Bertz CT molecular complexity index is 726. The number of unbranched alkanes of at least 4 members (excludes halogenated alkanes) is 1. The van der Waals surface area contributed by atoms with Crippen LogP contribution in [0.1, 0.15) is 53.8 Å². The molecule has 0 atom stereocenters. The van der Waals surface area contributed by atoms with Gasteiger partial charge in [-0.1, -0.05) is 32.4 Å². The number of hydrogen-bond donors (Lipinski definition) is 2. The molecule has 0 radical (unpaired) electrons.